The molecule has 3 N–H and O–H groups in total. The summed E-state index contributed by atoms with van der Waals surface area (Å²) in [7, 11) is 0. The van der Waals surface area contributed by atoms with E-state index in [0.29, 0.717) is 16.8 Å². The largest absolute Gasteiger partial charge is 0.508 e. The lowest BCUT2D eigenvalue weighted by atomic mass is 9.94. The van der Waals surface area contributed by atoms with Crippen LogP contribution in [0.4, 0.5) is 17.1 Å². The van der Waals surface area contributed by atoms with E-state index < -0.39 is 17.7 Å². The summed E-state index contributed by atoms with van der Waals surface area (Å²) in [6.07, 6.45) is 0. The van der Waals surface area contributed by atoms with Gasteiger partial charge in [0.2, 0.25) is 0 Å². The highest BCUT2D eigenvalue weighted by atomic mass is 16.3. The number of aryl methyl sites for hydroxylation is 2. The number of carbonyl (C=O) groups is 2. The summed E-state index contributed by atoms with van der Waals surface area (Å²) in [5, 5.41) is 24.4. The van der Waals surface area contributed by atoms with Gasteiger partial charge in [0.25, 0.3) is 11.7 Å². The molecule has 6 heteroatoms. The van der Waals surface area contributed by atoms with Crippen LogP contribution in [0.1, 0.15) is 28.3 Å². The molecule has 0 aromatic heterocycles. The highest BCUT2D eigenvalue weighted by Crippen LogP contribution is 2.42. The Morgan fingerprint density at radius 3 is 2.08 bits per heavy atom. The van der Waals surface area contributed by atoms with Crippen molar-refractivity contribution in [2.24, 2.45) is 0 Å². The van der Waals surface area contributed by atoms with Gasteiger partial charge in [-0.3, -0.25) is 14.5 Å². The zero-order valence-electron chi connectivity index (χ0n) is 20.5. The third-order valence-corrected chi connectivity index (χ3v) is 6.64. The first kappa shape index (κ1) is 23.9. The Balaban J connectivity index is 1.59. The summed E-state index contributed by atoms with van der Waals surface area (Å²) in [5.74, 6) is -1.66. The summed E-state index contributed by atoms with van der Waals surface area (Å²) in [6.45, 7) is 3.89. The number of para-hydroxylation sites is 1. The number of benzene rings is 4. The zero-order chi connectivity index (χ0) is 26.1. The lowest BCUT2D eigenvalue weighted by molar-refractivity contribution is -0.132. The van der Waals surface area contributed by atoms with Gasteiger partial charge in [0.05, 0.1) is 11.6 Å². The van der Waals surface area contributed by atoms with E-state index in [1.54, 1.807) is 36.4 Å². The van der Waals surface area contributed by atoms with E-state index in [9.17, 15) is 19.8 Å². The minimum Gasteiger partial charge on any atom is -0.508 e. The Labute approximate surface area is 215 Å². The standard InChI is InChI=1S/C31H26N2O4/c1-19-8-9-22(18-20(19)2)29(35)27-28(21-10-16-26(34)17-11-21)33(31(37)30(27)36)25-14-12-24(13-15-25)32-23-6-4-3-5-7-23/h3-18,28,32,34-35H,1-2H3/b29-27-. The lowest BCUT2D eigenvalue weighted by Crippen LogP contribution is -2.29. The summed E-state index contributed by atoms with van der Waals surface area (Å²) in [6, 6.07) is 27.7. The quantitative estimate of drug-likeness (QED) is 0.172. The van der Waals surface area contributed by atoms with Crippen molar-refractivity contribution in [3.63, 3.8) is 0 Å². The maximum Gasteiger partial charge on any atom is 0.300 e. The Hall–Kier alpha value is -4.84. The first-order chi connectivity index (χ1) is 17.8. The molecule has 0 spiro atoms. The average molecular weight is 491 g/mol. The number of anilines is 3. The van der Waals surface area contributed by atoms with Crippen molar-refractivity contribution in [1.82, 2.24) is 0 Å². The number of aromatic hydroxyl groups is 1. The van der Waals surface area contributed by atoms with Crippen molar-refractivity contribution >= 4 is 34.5 Å². The lowest BCUT2D eigenvalue weighted by Gasteiger charge is -2.25. The van der Waals surface area contributed by atoms with Crippen LogP contribution in [-0.2, 0) is 9.59 Å². The number of rotatable bonds is 5. The predicted molar refractivity (Wildman–Crippen MR) is 145 cm³/mol. The maximum absolute atomic E-state index is 13.4. The van der Waals surface area contributed by atoms with Gasteiger partial charge in [-0.1, -0.05) is 42.5 Å². The molecule has 184 valence electrons. The van der Waals surface area contributed by atoms with Gasteiger partial charge in [-0.25, -0.2) is 0 Å². The first-order valence-corrected chi connectivity index (χ1v) is 11.9. The highest BCUT2D eigenvalue weighted by molar-refractivity contribution is 6.51. The third-order valence-electron chi connectivity index (χ3n) is 6.64. The minimum atomic E-state index is -0.866. The van der Waals surface area contributed by atoms with Crippen LogP contribution in [0.15, 0.2) is 103 Å². The Morgan fingerprint density at radius 1 is 0.784 bits per heavy atom. The van der Waals surface area contributed by atoms with Crippen LogP contribution in [0.2, 0.25) is 0 Å². The molecule has 1 unspecified atom stereocenters. The van der Waals surface area contributed by atoms with Gasteiger partial charge >= 0.3 is 0 Å². The van der Waals surface area contributed by atoms with Crippen LogP contribution < -0.4 is 10.2 Å². The summed E-state index contributed by atoms with van der Waals surface area (Å²) in [4.78, 5) is 28.1. The molecule has 1 saturated heterocycles. The Morgan fingerprint density at radius 2 is 1.43 bits per heavy atom. The van der Waals surface area contributed by atoms with E-state index in [0.717, 1.165) is 22.5 Å². The molecule has 1 atom stereocenters. The topological polar surface area (TPSA) is 89.9 Å². The Bertz CT molecular complexity index is 1510. The number of phenols is 1. The summed E-state index contributed by atoms with van der Waals surface area (Å²) >= 11 is 0. The molecule has 6 nitrogen and oxygen atoms in total. The van der Waals surface area contributed by atoms with E-state index in [1.165, 1.54) is 17.0 Å². The molecule has 1 fully saturated rings. The Kier molecular flexibility index (Phi) is 6.24. The van der Waals surface area contributed by atoms with Crippen LogP contribution in [0.25, 0.3) is 5.76 Å². The highest BCUT2D eigenvalue weighted by Gasteiger charge is 2.47. The maximum atomic E-state index is 13.4. The fraction of sp³-hybridized carbons (Fsp3) is 0.0968. The second kappa shape index (κ2) is 9.66. The summed E-state index contributed by atoms with van der Waals surface area (Å²) < 4.78 is 0. The molecule has 5 rings (SSSR count). The minimum absolute atomic E-state index is 0.00503. The van der Waals surface area contributed by atoms with Crippen molar-refractivity contribution in [3.05, 3.63) is 125 Å². The molecule has 4 aromatic carbocycles. The van der Waals surface area contributed by atoms with E-state index in [4.69, 9.17) is 0 Å². The van der Waals surface area contributed by atoms with Crippen LogP contribution >= 0.6 is 0 Å². The number of aliphatic hydroxyl groups is 1. The molecule has 1 aliphatic rings. The van der Waals surface area contributed by atoms with E-state index >= 15 is 0 Å². The number of nitrogens with zero attached hydrogens (tertiary/aromatic N) is 1. The molecule has 4 aromatic rings. The number of nitrogens with one attached hydrogen (secondary N) is 1. The van der Waals surface area contributed by atoms with Crippen LogP contribution in [-0.4, -0.2) is 21.9 Å². The molecule has 0 aliphatic carbocycles. The molecule has 0 saturated carbocycles. The van der Waals surface area contributed by atoms with Crippen LogP contribution in [0, 0.1) is 13.8 Å². The van der Waals surface area contributed by atoms with E-state index in [1.807, 2.05) is 62.4 Å². The van der Waals surface area contributed by atoms with Crippen molar-refractivity contribution in [2.45, 2.75) is 19.9 Å². The fourth-order valence-electron chi connectivity index (χ4n) is 4.51. The van der Waals surface area contributed by atoms with Crippen molar-refractivity contribution in [1.29, 1.82) is 0 Å². The number of amides is 1. The van der Waals surface area contributed by atoms with Crippen molar-refractivity contribution < 1.29 is 19.8 Å². The van der Waals surface area contributed by atoms with E-state index in [-0.39, 0.29) is 17.1 Å². The normalized spacial score (nSPS) is 16.7. The van der Waals surface area contributed by atoms with Gasteiger partial charge < -0.3 is 15.5 Å². The predicted octanol–water partition coefficient (Wildman–Crippen LogP) is 6.38. The summed E-state index contributed by atoms with van der Waals surface area (Å²) in [5.41, 5.74) is 5.33. The number of aliphatic hydroxyl groups excluding tert-OH is 1. The smallest absolute Gasteiger partial charge is 0.300 e. The molecular weight excluding hydrogens is 464 g/mol. The number of hydrogen-bond donors (Lipinski definition) is 3. The first-order valence-electron chi connectivity index (χ1n) is 11.9. The molecular formula is C31H26N2O4. The van der Waals surface area contributed by atoms with E-state index in [2.05, 4.69) is 5.32 Å². The van der Waals surface area contributed by atoms with Crippen molar-refractivity contribution in [3.8, 4) is 5.75 Å². The van der Waals surface area contributed by atoms with Gasteiger partial charge in [-0.2, -0.15) is 0 Å². The molecule has 1 heterocycles. The number of hydrogen-bond acceptors (Lipinski definition) is 5. The fourth-order valence-corrected chi connectivity index (χ4v) is 4.51. The molecule has 0 bridgehead atoms. The third kappa shape index (κ3) is 4.57. The average Bonchev–Trinajstić information content (AvgIpc) is 3.17. The van der Waals surface area contributed by atoms with Crippen LogP contribution in [0.3, 0.4) is 0 Å². The van der Waals surface area contributed by atoms with Gasteiger partial charge in [0.15, 0.2) is 0 Å². The zero-order valence-corrected chi connectivity index (χ0v) is 20.5. The number of ketones is 1. The van der Waals surface area contributed by atoms with Gasteiger partial charge in [-0.05, 0) is 85.1 Å². The second-order valence-corrected chi connectivity index (χ2v) is 9.10. The molecule has 0 radical (unpaired) electrons. The monoisotopic (exact) mass is 490 g/mol. The van der Waals surface area contributed by atoms with Gasteiger partial charge in [0, 0.05) is 22.6 Å². The molecule has 1 aliphatic heterocycles. The molecule has 1 amide bonds. The molecule has 37 heavy (non-hydrogen) atoms. The number of phenolic OH excluding ortho intramolecular Hbond substituents is 1. The number of carbonyl (C=O) groups excluding carboxylic acids is 2. The SMILES string of the molecule is Cc1ccc(/C(O)=C2/C(=O)C(=O)N(c3ccc(Nc4ccccc4)cc3)C2c2ccc(O)cc2)cc1C. The van der Waals surface area contributed by atoms with Crippen LogP contribution in [0.5, 0.6) is 5.75 Å². The van der Waals surface area contributed by atoms with Gasteiger partial charge in [0.1, 0.15) is 11.5 Å². The van der Waals surface area contributed by atoms with Crippen molar-refractivity contribution in [2.75, 3.05) is 10.2 Å². The second-order valence-electron chi connectivity index (χ2n) is 9.10. The van der Waals surface area contributed by atoms with Gasteiger partial charge in [-0.15, -0.1) is 0 Å². The number of Topliss-reactive ketones (excluding diaryl/α,β-unsaturated/α-hetero) is 1.